The number of amides is 2. The van der Waals surface area contributed by atoms with Gasteiger partial charge in [0.2, 0.25) is 6.04 Å². The second-order valence-electron chi connectivity index (χ2n) is 8.25. The molecule has 1 fully saturated rings. The molecular weight excluding hydrogens is 440 g/mol. The number of rotatable bonds is 9. The molecule has 9 heteroatoms. The van der Waals surface area contributed by atoms with Crippen LogP contribution in [0, 0.1) is 0 Å². The number of esters is 1. The maximum absolute atomic E-state index is 13.0. The average molecular weight is 466 g/mol. The van der Waals surface area contributed by atoms with Crippen LogP contribution in [0.5, 0.6) is 0 Å². The third-order valence-corrected chi connectivity index (χ3v) is 5.95. The van der Waals surface area contributed by atoms with Gasteiger partial charge in [0.15, 0.2) is 0 Å². The number of fused-ring (bicyclic) bond motifs is 3. The minimum atomic E-state index is -1.68. The number of nitrogens with one attached hydrogen (secondary N) is 1. The smallest absolute Gasteiger partial charge is 0.408 e. The van der Waals surface area contributed by atoms with Crippen LogP contribution in [0.15, 0.2) is 48.5 Å². The number of nitrogens with zero attached hydrogens (tertiary/aromatic N) is 1. The zero-order valence-electron chi connectivity index (χ0n) is 18.7. The highest BCUT2D eigenvalue weighted by Crippen LogP contribution is 2.44. The van der Waals surface area contributed by atoms with Crippen molar-refractivity contribution < 1.29 is 33.8 Å². The molecule has 2 amide bonds. The first-order valence-electron chi connectivity index (χ1n) is 11.2. The Morgan fingerprint density at radius 2 is 1.59 bits per heavy atom. The number of ether oxygens (including phenoxy) is 2. The van der Waals surface area contributed by atoms with Gasteiger partial charge in [-0.05, 0) is 42.0 Å². The van der Waals surface area contributed by atoms with Crippen molar-refractivity contribution in [3.63, 3.8) is 0 Å². The van der Waals surface area contributed by atoms with E-state index in [0.29, 0.717) is 12.8 Å². The summed E-state index contributed by atoms with van der Waals surface area (Å²) in [6.45, 7) is 1.01. The SMILES string of the molecule is CCOC(=O)C(NC(=O)OCC1c2ccccc2-c2ccccc21)C(=O)N(CC(=O)O)C1CC1. The predicted octanol–water partition coefficient (Wildman–Crippen LogP) is 2.53. The lowest BCUT2D eigenvalue weighted by Crippen LogP contribution is -2.55. The predicted molar refractivity (Wildman–Crippen MR) is 121 cm³/mol. The third kappa shape index (κ3) is 4.88. The molecule has 9 nitrogen and oxygen atoms in total. The second kappa shape index (κ2) is 9.94. The van der Waals surface area contributed by atoms with Crippen LogP contribution in [0.4, 0.5) is 4.79 Å². The Labute approximate surface area is 196 Å². The van der Waals surface area contributed by atoms with Gasteiger partial charge >= 0.3 is 18.0 Å². The van der Waals surface area contributed by atoms with Crippen molar-refractivity contribution in [3.05, 3.63) is 59.7 Å². The lowest BCUT2D eigenvalue weighted by atomic mass is 9.98. The molecule has 0 aromatic heterocycles. The summed E-state index contributed by atoms with van der Waals surface area (Å²) in [5.41, 5.74) is 4.19. The molecule has 1 saturated carbocycles. The quantitative estimate of drug-likeness (QED) is 0.430. The first-order valence-corrected chi connectivity index (χ1v) is 11.2. The van der Waals surface area contributed by atoms with Crippen molar-refractivity contribution >= 4 is 23.9 Å². The Hall–Kier alpha value is -3.88. The fourth-order valence-electron chi connectivity index (χ4n) is 4.29. The van der Waals surface area contributed by atoms with Crippen molar-refractivity contribution in [3.8, 4) is 11.1 Å². The molecule has 1 unspecified atom stereocenters. The standard InChI is InChI=1S/C25H26N2O7/c1-2-33-24(31)22(23(30)27(13-21(28)29)15-11-12-15)26-25(32)34-14-20-18-9-5-3-7-16(18)17-8-4-6-10-19(17)20/h3-10,15,20,22H,2,11-14H2,1H3,(H,26,32)(H,28,29). The van der Waals surface area contributed by atoms with Crippen LogP contribution in [0.1, 0.15) is 36.8 Å². The Balaban J connectivity index is 1.47. The van der Waals surface area contributed by atoms with Crippen molar-refractivity contribution in [1.29, 1.82) is 0 Å². The lowest BCUT2D eigenvalue weighted by Gasteiger charge is -2.25. The van der Waals surface area contributed by atoms with Crippen molar-refractivity contribution in [2.75, 3.05) is 19.8 Å². The van der Waals surface area contributed by atoms with Crippen molar-refractivity contribution in [1.82, 2.24) is 10.2 Å². The summed E-state index contributed by atoms with van der Waals surface area (Å²) in [5.74, 6) is -3.18. The van der Waals surface area contributed by atoms with E-state index in [2.05, 4.69) is 5.32 Å². The topological polar surface area (TPSA) is 122 Å². The summed E-state index contributed by atoms with van der Waals surface area (Å²) in [5, 5.41) is 11.4. The lowest BCUT2D eigenvalue weighted by molar-refractivity contribution is -0.155. The fraction of sp³-hybridized carbons (Fsp3) is 0.360. The van der Waals surface area contributed by atoms with Crippen LogP contribution in [0.2, 0.25) is 0 Å². The zero-order chi connectivity index (χ0) is 24.2. The van der Waals surface area contributed by atoms with Crippen LogP contribution >= 0.6 is 0 Å². The maximum Gasteiger partial charge on any atom is 0.408 e. The summed E-state index contributed by atoms with van der Waals surface area (Å²) in [4.78, 5) is 50.4. The van der Waals surface area contributed by atoms with E-state index in [1.54, 1.807) is 6.92 Å². The molecule has 178 valence electrons. The van der Waals surface area contributed by atoms with Crippen molar-refractivity contribution in [2.24, 2.45) is 0 Å². The van der Waals surface area contributed by atoms with Gasteiger partial charge in [0.25, 0.3) is 5.91 Å². The summed E-state index contributed by atoms with van der Waals surface area (Å²) in [7, 11) is 0. The molecule has 1 atom stereocenters. The molecule has 2 N–H and O–H groups in total. The number of carboxylic acids is 1. The minimum Gasteiger partial charge on any atom is -0.480 e. The number of carbonyl (C=O) groups excluding carboxylic acids is 3. The minimum absolute atomic E-state index is 0.00264. The molecule has 0 saturated heterocycles. The monoisotopic (exact) mass is 466 g/mol. The first-order chi connectivity index (χ1) is 16.4. The summed E-state index contributed by atoms with van der Waals surface area (Å²) in [6, 6.07) is 13.8. The normalized spacial score (nSPS) is 15.0. The molecule has 0 radical (unpaired) electrons. The third-order valence-electron chi connectivity index (χ3n) is 5.95. The van der Waals surface area contributed by atoms with Gasteiger partial charge in [0, 0.05) is 12.0 Å². The number of hydrogen-bond acceptors (Lipinski definition) is 6. The van der Waals surface area contributed by atoms with Gasteiger partial charge in [-0.2, -0.15) is 0 Å². The van der Waals surface area contributed by atoms with Crippen molar-refractivity contribution in [2.45, 2.75) is 37.8 Å². The Kier molecular flexibility index (Phi) is 6.81. The van der Waals surface area contributed by atoms with E-state index >= 15 is 0 Å². The highest BCUT2D eigenvalue weighted by molar-refractivity contribution is 6.05. The number of alkyl carbamates (subject to hydrolysis) is 1. The summed E-state index contributed by atoms with van der Waals surface area (Å²) < 4.78 is 10.4. The van der Waals surface area contributed by atoms with Gasteiger partial charge in [-0.25, -0.2) is 9.59 Å². The van der Waals surface area contributed by atoms with E-state index in [-0.39, 0.29) is 25.2 Å². The van der Waals surface area contributed by atoms with E-state index in [0.717, 1.165) is 27.2 Å². The van der Waals surface area contributed by atoms with Gasteiger partial charge in [-0.3, -0.25) is 14.9 Å². The fourth-order valence-corrected chi connectivity index (χ4v) is 4.29. The molecule has 2 aromatic rings. The van der Waals surface area contributed by atoms with Gasteiger partial charge in [-0.1, -0.05) is 48.5 Å². The number of carbonyl (C=O) groups is 4. The van der Waals surface area contributed by atoms with E-state index in [4.69, 9.17) is 14.6 Å². The maximum atomic E-state index is 13.0. The van der Waals surface area contributed by atoms with E-state index in [1.807, 2.05) is 48.5 Å². The molecule has 2 aromatic carbocycles. The molecule has 0 bridgehead atoms. The van der Waals surface area contributed by atoms with Gasteiger partial charge in [0.05, 0.1) is 6.61 Å². The van der Waals surface area contributed by atoms with Gasteiger partial charge in [-0.15, -0.1) is 0 Å². The van der Waals surface area contributed by atoms with E-state index in [1.165, 1.54) is 0 Å². The molecule has 0 aliphatic heterocycles. The molecule has 34 heavy (non-hydrogen) atoms. The molecule has 2 aliphatic rings. The largest absolute Gasteiger partial charge is 0.480 e. The van der Waals surface area contributed by atoms with E-state index in [9.17, 15) is 19.2 Å². The number of benzene rings is 2. The van der Waals surface area contributed by atoms with E-state index < -0.39 is 36.5 Å². The number of hydrogen-bond donors (Lipinski definition) is 2. The van der Waals surface area contributed by atoms with Gasteiger partial charge in [0.1, 0.15) is 13.2 Å². The van der Waals surface area contributed by atoms with Crippen LogP contribution in [0.25, 0.3) is 11.1 Å². The molecule has 0 spiro atoms. The summed E-state index contributed by atoms with van der Waals surface area (Å²) in [6.07, 6.45) is 0.318. The first kappa shape index (κ1) is 23.3. The van der Waals surface area contributed by atoms with Crippen LogP contribution in [-0.2, 0) is 23.9 Å². The van der Waals surface area contributed by atoms with Crippen LogP contribution in [0.3, 0.4) is 0 Å². The molecular formula is C25H26N2O7. The summed E-state index contributed by atoms with van der Waals surface area (Å²) >= 11 is 0. The molecule has 2 aliphatic carbocycles. The van der Waals surface area contributed by atoms with Gasteiger partial charge < -0.3 is 19.5 Å². The number of carboxylic acid groups (broad SMARTS) is 1. The number of aliphatic carboxylic acids is 1. The van der Waals surface area contributed by atoms with Crippen LogP contribution < -0.4 is 5.32 Å². The Morgan fingerprint density at radius 1 is 1.00 bits per heavy atom. The highest BCUT2D eigenvalue weighted by Gasteiger charge is 2.41. The Morgan fingerprint density at radius 3 is 2.12 bits per heavy atom. The zero-order valence-corrected chi connectivity index (χ0v) is 18.7. The molecule has 4 rings (SSSR count). The Bertz CT molecular complexity index is 1070. The average Bonchev–Trinajstić information content (AvgIpc) is 3.62. The second-order valence-corrected chi connectivity index (χ2v) is 8.25. The van der Waals surface area contributed by atoms with Crippen LogP contribution in [-0.4, -0.2) is 65.8 Å². The molecule has 0 heterocycles. The highest BCUT2D eigenvalue weighted by atomic mass is 16.6.